The lowest BCUT2D eigenvalue weighted by atomic mass is 10.1. The van der Waals surface area contributed by atoms with E-state index in [4.69, 9.17) is 11.6 Å². The van der Waals surface area contributed by atoms with Crippen LogP contribution in [0.4, 0.5) is 4.39 Å². The predicted molar refractivity (Wildman–Crippen MR) is 114 cm³/mol. The number of carbonyl (C=O) groups is 1. The summed E-state index contributed by atoms with van der Waals surface area (Å²) in [7, 11) is -3.95. The summed E-state index contributed by atoms with van der Waals surface area (Å²) >= 11 is 5.83. The minimum atomic E-state index is -3.95. The number of hydrogen-bond acceptors (Lipinski definition) is 3. The first-order valence-electron chi connectivity index (χ1n) is 9.17. The van der Waals surface area contributed by atoms with Crippen molar-refractivity contribution in [1.29, 1.82) is 0 Å². The number of benzene rings is 3. The van der Waals surface area contributed by atoms with Gasteiger partial charge in [0.25, 0.3) is 0 Å². The Balaban J connectivity index is 1.77. The molecule has 3 rings (SSSR count). The third kappa shape index (κ3) is 6.13. The first-order valence-corrected chi connectivity index (χ1v) is 11.0. The van der Waals surface area contributed by atoms with E-state index in [-0.39, 0.29) is 23.7 Å². The molecule has 0 unspecified atom stereocenters. The fraction of sp³-hybridized carbons (Fsp3) is 0.136. The smallest absolute Gasteiger partial charge is 0.241 e. The zero-order chi connectivity index (χ0) is 21.6. The van der Waals surface area contributed by atoms with Crippen molar-refractivity contribution in [1.82, 2.24) is 10.0 Å². The van der Waals surface area contributed by atoms with Crippen LogP contribution in [0, 0.1) is 5.82 Å². The molecule has 0 aliphatic rings. The summed E-state index contributed by atoms with van der Waals surface area (Å²) < 4.78 is 41.1. The Bertz CT molecular complexity index is 1090. The van der Waals surface area contributed by atoms with Crippen LogP contribution in [0.5, 0.6) is 0 Å². The van der Waals surface area contributed by atoms with Gasteiger partial charge in [0.1, 0.15) is 11.9 Å². The molecule has 0 saturated heterocycles. The van der Waals surface area contributed by atoms with Crippen LogP contribution in [0.3, 0.4) is 0 Å². The van der Waals surface area contributed by atoms with Crippen LogP contribution in [-0.2, 0) is 27.8 Å². The molecule has 0 saturated carbocycles. The number of carbonyl (C=O) groups excluding carboxylic acids is 1. The summed E-state index contributed by atoms with van der Waals surface area (Å²) in [6, 6.07) is 19.5. The maximum absolute atomic E-state index is 13.1. The molecule has 3 aromatic rings. The van der Waals surface area contributed by atoms with Crippen molar-refractivity contribution in [2.45, 2.75) is 23.9 Å². The molecule has 0 aliphatic carbocycles. The molecule has 8 heteroatoms. The van der Waals surface area contributed by atoms with Crippen LogP contribution in [0.2, 0.25) is 5.02 Å². The molecule has 30 heavy (non-hydrogen) atoms. The van der Waals surface area contributed by atoms with E-state index in [9.17, 15) is 17.6 Å². The van der Waals surface area contributed by atoms with E-state index < -0.39 is 22.0 Å². The highest BCUT2D eigenvalue weighted by atomic mass is 35.5. The van der Waals surface area contributed by atoms with Crippen molar-refractivity contribution in [3.63, 3.8) is 0 Å². The van der Waals surface area contributed by atoms with Gasteiger partial charge < -0.3 is 5.32 Å². The summed E-state index contributed by atoms with van der Waals surface area (Å²) in [5.74, 6) is -0.858. The van der Waals surface area contributed by atoms with Crippen LogP contribution in [-0.4, -0.2) is 20.4 Å². The van der Waals surface area contributed by atoms with Crippen LogP contribution < -0.4 is 10.0 Å². The van der Waals surface area contributed by atoms with Gasteiger partial charge in [-0.3, -0.25) is 4.79 Å². The summed E-state index contributed by atoms with van der Waals surface area (Å²) in [6.07, 6.45) is 0.170. The minimum Gasteiger partial charge on any atom is -0.351 e. The second kappa shape index (κ2) is 9.84. The van der Waals surface area contributed by atoms with Crippen molar-refractivity contribution in [2.24, 2.45) is 0 Å². The quantitative estimate of drug-likeness (QED) is 0.554. The Kier molecular flexibility index (Phi) is 7.20. The topological polar surface area (TPSA) is 75.3 Å². The minimum absolute atomic E-state index is 0.0105. The molecular formula is C22H20ClFN2O3S. The average Bonchev–Trinajstić information content (AvgIpc) is 2.73. The van der Waals surface area contributed by atoms with Gasteiger partial charge in [-0.25, -0.2) is 12.8 Å². The second-order valence-corrected chi connectivity index (χ2v) is 8.81. The van der Waals surface area contributed by atoms with Crippen LogP contribution >= 0.6 is 11.6 Å². The molecule has 0 fully saturated rings. The molecular weight excluding hydrogens is 427 g/mol. The van der Waals surface area contributed by atoms with E-state index in [1.807, 2.05) is 30.3 Å². The number of rotatable bonds is 8. The summed E-state index contributed by atoms with van der Waals surface area (Å²) in [6.45, 7) is 0.146. The molecule has 5 nitrogen and oxygen atoms in total. The fourth-order valence-electron chi connectivity index (χ4n) is 2.82. The van der Waals surface area contributed by atoms with E-state index >= 15 is 0 Å². The first kappa shape index (κ1) is 22.0. The lowest BCUT2D eigenvalue weighted by molar-refractivity contribution is -0.122. The SMILES string of the molecule is O=C(NCc1ccc(F)cc1)[C@@H](Cc1ccccc1)NS(=O)(=O)c1ccc(Cl)cc1. The third-order valence-electron chi connectivity index (χ3n) is 4.40. The van der Waals surface area contributed by atoms with Crippen LogP contribution in [0.25, 0.3) is 0 Å². The first-order chi connectivity index (χ1) is 14.3. The highest BCUT2D eigenvalue weighted by Crippen LogP contribution is 2.15. The molecule has 0 bridgehead atoms. The number of amides is 1. The summed E-state index contributed by atoms with van der Waals surface area (Å²) in [5, 5.41) is 3.12. The van der Waals surface area contributed by atoms with Crippen LogP contribution in [0.15, 0.2) is 83.8 Å². The lowest BCUT2D eigenvalue weighted by Crippen LogP contribution is -2.47. The van der Waals surface area contributed by atoms with Gasteiger partial charge in [-0.1, -0.05) is 54.1 Å². The van der Waals surface area contributed by atoms with Crippen molar-refractivity contribution in [2.75, 3.05) is 0 Å². The molecule has 1 atom stereocenters. The number of hydrogen-bond donors (Lipinski definition) is 2. The maximum Gasteiger partial charge on any atom is 0.241 e. The zero-order valence-electron chi connectivity index (χ0n) is 15.9. The Morgan fingerprint density at radius 2 is 1.53 bits per heavy atom. The molecule has 156 valence electrons. The highest BCUT2D eigenvalue weighted by Gasteiger charge is 2.26. The van der Waals surface area contributed by atoms with E-state index in [1.54, 1.807) is 12.1 Å². The number of nitrogens with one attached hydrogen (secondary N) is 2. The molecule has 0 aromatic heterocycles. The van der Waals surface area contributed by atoms with Gasteiger partial charge in [0.15, 0.2) is 0 Å². The van der Waals surface area contributed by atoms with Gasteiger partial charge in [0.05, 0.1) is 4.90 Å². The number of sulfonamides is 1. The van der Waals surface area contributed by atoms with E-state index in [1.165, 1.54) is 36.4 Å². The van der Waals surface area contributed by atoms with Crippen molar-refractivity contribution >= 4 is 27.5 Å². The standard InChI is InChI=1S/C22H20ClFN2O3S/c23-18-8-12-20(13-9-18)30(28,29)26-21(14-16-4-2-1-3-5-16)22(27)25-15-17-6-10-19(24)11-7-17/h1-13,21,26H,14-15H2,(H,25,27)/t21-/m1/s1. The molecule has 0 heterocycles. The highest BCUT2D eigenvalue weighted by molar-refractivity contribution is 7.89. The number of halogens is 2. The van der Waals surface area contributed by atoms with Gasteiger partial charge >= 0.3 is 0 Å². The Hall–Kier alpha value is -2.74. The zero-order valence-corrected chi connectivity index (χ0v) is 17.5. The van der Waals surface area contributed by atoms with Crippen LogP contribution in [0.1, 0.15) is 11.1 Å². The predicted octanol–water partition coefficient (Wildman–Crippen LogP) is 3.69. The van der Waals surface area contributed by atoms with Gasteiger partial charge in [0, 0.05) is 11.6 Å². The molecule has 3 aromatic carbocycles. The van der Waals surface area contributed by atoms with E-state index in [2.05, 4.69) is 10.0 Å². The Morgan fingerprint density at radius 1 is 0.900 bits per heavy atom. The van der Waals surface area contributed by atoms with E-state index in [0.717, 1.165) is 5.56 Å². The van der Waals surface area contributed by atoms with Crippen molar-refractivity contribution in [3.8, 4) is 0 Å². The van der Waals surface area contributed by atoms with Crippen molar-refractivity contribution < 1.29 is 17.6 Å². The van der Waals surface area contributed by atoms with Gasteiger partial charge in [-0.15, -0.1) is 0 Å². The Labute approximate surface area is 179 Å². The molecule has 0 aliphatic heterocycles. The van der Waals surface area contributed by atoms with E-state index in [0.29, 0.717) is 10.6 Å². The normalized spacial score (nSPS) is 12.3. The van der Waals surface area contributed by atoms with Gasteiger partial charge in [0.2, 0.25) is 15.9 Å². The third-order valence-corrected chi connectivity index (χ3v) is 6.14. The fourth-order valence-corrected chi connectivity index (χ4v) is 4.14. The lowest BCUT2D eigenvalue weighted by Gasteiger charge is -2.19. The monoisotopic (exact) mass is 446 g/mol. The average molecular weight is 447 g/mol. The largest absolute Gasteiger partial charge is 0.351 e. The summed E-state index contributed by atoms with van der Waals surface area (Å²) in [5.41, 5.74) is 1.50. The van der Waals surface area contributed by atoms with Crippen molar-refractivity contribution in [3.05, 3.63) is 101 Å². The second-order valence-electron chi connectivity index (χ2n) is 6.66. The molecule has 1 amide bonds. The molecule has 0 radical (unpaired) electrons. The molecule has 2 N–H and O–H groups in total. The van der Waals surface area contributed by atoms with Gasteiger partial charge in [-0.05, 0) is 53.9 Å². The molecule has 0 spiro atoms. The van der Waals surface area contributed by atoms with Gasteiger partial charge in [-0.2, -0.15) is 4.72 Å². The maximum atomic E-state index is 13.1. The summed E-state index contributed by atoms with van der Waals surface area (Å²) in [4.78, 5) is 12.8. The Morgan fingerprint density at radius 3 is 2.17 bits per heavy atom.